The van der Waals surface area contributed by atoms with Crippen molar-refractivity contribution < 1.29 is 28.6 Å². The predicted octanol–water partition coefficient (Wildman–Crippen LogP) is 14.3. The van der Waals surface area contributed by atoms with E-state index in [1.807, 2.05) is 0 Å². The first-order valence-electron chi connectivity index (χ1n) is 22.5. The van der Waals surface area contributed by atoms with Crippen LogP contribution >= 0.6 is 0 Å². The summed E-state index contributed by atoms with van der Waals surface area (Å²) in [7, 11) is 0. The number of esters is 3. The fraction of sp³-hybridized carbons (Fsp3) is 0.694. The van der Waals surface area contributed by atoms with Crippen LogP contribution in [0.15, 0.2) is 72.9 Å². The second-order valence-corrected chi connectivity index (χ2v) is 14.7. The summed E-state index contributed by atoms with van der Waals surface area (Å²) in [5.74, 6) is -0.963. The van der Waals surface area contributed by atoms with Gasteiger partial charge in [0.15, 0.2) is 6.10 Å². The average Bonchev–Trinajstić information content (AvgIpc) is 3.18. The highest BCUT2D eigenvalue weighted by Gasteiger charge is 2.19. The Morgan fingerprint density at radius 1 is 0.400 bits per heavy atom. The average molecular weight is 767 g/mol. The van der Waals surface area contributed by atoms with E-state index < -0.39 is 6.10 Å². The summed E-state index contributed by atoms with van der Waals surface area (Å²) < 4.78 is 16.6. The Bertz CT molecular complexity index is 1070. The molecule has 0 N–H and O–H groups in total. The molecule has 0 spiro atoms. The monoisotopic (exact) mass is 767 g/mol. The van der Waals surface area contributed by atoms with Crippen LogP contribution in [0.1, 0.15) is 201 Å². The van der Waals surface area contributed by atoms with Crippen LogP contribution < -0.4 is 0 Å². The van der Waals surface area contributed by atoms with Gasteiger partial charge >= 0.3 is 17.9 Å². The fourth-order valence-corrected chi connectivity index (χ4v) is 5.90. The van der Waals surface area contributed by atoms with Gasteiger partial charge in [0.05, 0.1) is 0 Å². The molecule has 0 amide bonds. The Hall–Kier alpha value is -3.15. The molecule has 6 nitrogen and oxygen atoms in total. The maximum atomic E-state index is 12.7. The molecule has 0 aromatic carbocycles. The van der Waals surface area contributed by atoms with E-state index in [1.54, 1.807) is 0 Å². The number of carbonyl (C=O) groups is 3. The Morgan fingerprint density at radius 2 is 0.782 bits per heavy atom. The van der Waals surface area contributed by atoms with E-state index in [4.69, 9.17) is 14.2 Å². The van der Waals surface area contributed by atoms with E-state index in [0.717, 1.165) is 96.3 Å². The van der Waals surface area contributed by atoms with Crippen LogP contribution in [0.25, 0.3) is 0 Å². The minimum Gasteiger partial charge on any atom is -0.462 e. The number of allylic oxidation sites excluding steroid dienone is 12. The third kappa shape index (κ3) is 41.8. The molecule has 0 aliphatic heterocycles. The molecule has 0 aliphatic rings. The molecular weight excluding hydrogens is 685 g/mol. The molecule has 0 aromatic rings. The van der Waals surface area contributed by atoms with Gasteiger partial charge in [0.25, 0.3) is 0 Å². The lowest BCUT2D eigenvalue weighted by molar-refractivity contribution is -0.167. The van der Waals surface area contributed by atoms with Crippen LogP contribution in [0.5, 0.6) is 0 Å². The Balaban J connectivity index is 4.40. The zero-order chi connectivity index (χ0) is 40.1. The number of rotatable bonds is 39. The van der Waals surface area contributed by atoms with Gasteiger partial charge in [-0.05, 0) is 70.6 Å². The molecule has 6 heteroatoms. The van der Waals surface area contributed by atoms with Gasteiger partial charge in [-0.25, -0.2) is 0 Å². The lowest BCUT2D eigenvalue weighted by Crippen LogP contribution is -2.30. The lowest BCUT2D eigenvalue weighted by Gasteiger charge is -2.18. The van der Waals surface area contributed by atoms with Crippen LogP contribution in [0.3, 0.4) is 0 Å². The fourth-order valence-electron chi connectivity index (χ4n) is 5.90. The lowest BCUT2D eigenvalue weighted by atomic mass is 10.1. The van der Waals surface area contributed by atoms with Crippen molar-refractivity contribution in [1.82, 2.24) is 0 Å². The van der Waals surface area contributed by atoms with Gasteiger partial charge < -0.3 is 14.2 Å². The highest BCUT2D eigenvalue weighted by Crippen LogP contribution is 2.13. The predicted molar refractivity (Wildman–Crippen MR) is 233 cm³/mol. The summed E-state index contributed by atoms with van der Waals surface area (Å²) in [4.78, 5) is 37.6. The Labute approximate surface area is 338 Å². The first-order chi connectivity index (χ1) is 27.0. The van der Waals surface area contributed by atoms with Crippen molar-refractivity contribution in [3.63, 3.8) is 0 Å². The second kappa shape index (κ2) is 43.6. The highest BCUT2D eigenvalue weighted by molar-refractivity contribution is 5.71. The molecule has 0 aliphatic carbocycles. The maximum absolute atomic E-state index is 12.7. The SMILES string of the molecule is CC/C=C\C/C=C\CCCCC(=O)OCC(COC(=O)CCCCCCC\C=C/C=C\C=C/C=C\CCCCC)OC(=O)CCCCCCCCCCCC. The molecule has 0 saturated heterocycles. The summed E-state index contributed by atoms with van der Waals surface area (Å²) in [5, 5.41) is 0. The third-order valence-corrected chi connectivity index (χ3v) is 9.29. The summed E-state index contributed by atoms with van der Waals surface area (Å²) in [6, 6.07) is 0. The third-order valence-electron chi connectivity index (χ3n) is 9.29. The largest absolute Gasteiger partial charge is 0.462 e. The topological polar surface area (TPSA) is 78.9 Å². The van der Waals surface area contributed by atoms with E-state index in [-0.39, 0.29) is 31.1 Å². The van der Waals surface area contributed by atoms with E-state index >= 15 is 0 Å². The first-order valence-corrected chi connectivity index (χ1v) is 22.5. The zero-order valence-corrected chi connectivity index (χ0v) is 35.7. The first kappa shape index (κ1) is 51.9. The normalized spacial score (nSPS) is 12.7. The highest BCUT2D eigenvalue weighted by atomic mass is 16.6. The standard InChI is InChI=1S/C49H82O6/c1-4-7-10-13-16-19-21-22-23-24-25-26-27-28-31-33-36-39-42-48(51)54-45-46(44-53-47(50)41-38-35-32-29-18-15-12-9-6-3)55-49(52)43-40-37-34-30-20-17-14-11-8-5-2/h9,12,16,18-19,21-26,29,46H,4-8,10-11,13-15,17,20,27-28,30-45H2,1-3H3/b12-9-,19-16-,22-21-,24-23-,26-25-,29-18-. The molecule has 55 heavy (non-hydrogen) atoms. The van der Waals surface area contributed by atoms with Crippen LogP contribution in [0, 0.1) is 0 Å². The second-order valence-electron chi connectivity index (χ2n) is 14.7. The number of carbonyl (C=O) groups excluding carboxylic acids is 3. The minimum absolute atomic E-state index is 0.0977. The smallest absolute Gasteiger partial charge is 0.306 e. The van der Waals surface area contributed by atoms with Gasteiger partial charge in [-0.1, -0.05) is 184 Å². The van der Waals surface area contributed by atoms with Crippen molar-refractivity contribution in [2.24, 2.45) is 0 Å². The molecule has 0 heterocycles. The van der Waals surface area contributed by atoms with Crippen LogP contribution in [-0.4, -0.2) is 37.2 Å². The quantitative estimate of drug-likeness (QED) is 0.0204. The number of ether oxygens (including phenoxy) is 3. The van der Waals surface area contributed by atoms with Crippen LogP contribution in [-0.2, 0) is 28.6 Å². The van der Waals surface area contributed by atoms with E-state index in [9.17, 15) is 14.4 Å². The van der Waals surface area contributed by atoms with Crippen molar-refractivity contribution >= 4 is 17.9 Å². The molecule has 1 unspecified atom stereocenters. The van der Waals surface area contributed by atoms with Crippen molar-refractivity contribution in [2.45, 2.75) is 207 Å². The Kier molecular flexibility index (Phi) is 41.1. The van der Waals surface area contributed by atoms with Gasteiger partial charge in [-0.15, -0.1) is 0 Å². The number of unbranched alkanes of at least 4 members (excludes halogenated alkanes) is 19. The molecule has 0 bridgehead atoms. The Morgan fingerprint density at radius 3 is 1.33 bits per heavy atom. The molecule has 0 fully saturated rings. The van der Waals surface area contributed by atoms with Crippen LogP contribution in [0.2, 0.25) is 0 Å². The molecular formula is C49H82O6. The van der Waals surface area contributed by atoms with Crippen molar-refractivity contribution in [1.29, 1.82) is 0 Å². The molecule has 0 radical (unpaired) electrons. The minimum atomic E-state index is -0.793. The van der Waals surface area contributed by atoms with E-state index in [2.05, 4.69) is 93.7 Å². The molecule has 1 atom stereocenters. The number of hydrogen-bond acceptors (Lipinski definition) is 6. The van der Waals surface area contributed by atoms with E-state index in [1.165, 1.54) is 64.2 Å². The van der Waals surface area contributed by atoms with Gasteiger partial charge in [0.1, 0.15) is 13.2 Å². The van der Waals surface area contributed by atoms with Gasteiger partial charge in [0.2, 0.25) is 0 Å². The zero-order valence-electron chi connectivity index (χ0n) is 35.7. The van der Waals surface area contributed by atoms with E-state index in [0.29, 0.717) is 19.3 Å². The molecule has 0 rings (SSSR count). The van der Waals surface area contributed by atoms with Gasteiger partial charge in [-0.3, -0.25) is 14.4 Å². The summed E-state index contributed by atoms with van der Waals surface area (Å²) in [6.07, 6.45) is 53.2. The number of hydrogen-bond donors (Lipinski definition) is 0. The summed E-state index contributed by atoms with van der Waals surface area (Å²) in [6.45, 7) is 6.39. The molecule has 314 valence electrons. The van der Waals surface area contributed by atoms with Crippen molar-refractivity contribution in [2.75, 3.05) is 13.2 Å². The molecule has 0 saturated carbocycles. The van der Waals surface area contributed by atoms with Crippen molar-refractivity contribution in [3.8, 4) is 0 Å². The van der Waals surface area contributed by atoms with Gasteiger partial charge in [0, 0.05) is 19.3 Å². The summed E-state index contributed by atoms with van der Waals surface area (Å²) >= 11 is 0. The summed E-state index contributed by atoms with van der Waals surface area (Å²) in [5.41, 5.74) is 0. The van der Waals surface area contributed by atoms with Gasteiger partial charge in [-0.2, -0.15) is 0 Å². The molecule has 0 aromatic heterocycles. The maximum Gasteiger partial charge on any atom is 0.306 e. The van der Waals surface area contributed by atoms with Crippen molar-refractivity contribution in [3.05, 3.63) is 72.9 Å². The van der Waals surface area contributed by atoms with Crippen LogP contribution in [0.4, 0.5) is 0 Å².